The molecule has 0 radical (unpaired) electrons. The third-order valence-corrected chi connectivity index (χ3v) is 4.80. The van der Waals surface area contributed by atoms with Crippen LogP contribution in [0.1, 0.15) is 29.0 Å². The van der Waals surface area contributed by atoms with Gasteiger partial charge in [0.15, 0.2) is 0 Å². The largest absolute Gasteiger partial charge is 0.497 e. The van der Waals surface area contributed by atoms with E-state index in [0.29, 0.717) is 0 Å². The zero-order chi connectivity index (χ0) is 14.1. The molecule has 1 amide bonds. The van der Waals surface area contributed by atoms with Crippen LogP contribution in [0.15, 0.2) is 35.7 Å². The zero-order valence-electron chi connectivity index (χ0n) is 11.6. The molecule has 0 fully saturated rings. The summed E-state index contributed by atoms with van der Waals surface area (Å²) in [5.74, 6) is 0.965. The molecule has 3 nitrogen and oxygen atoms in total. The summed E-state index contributed by atoms with van der Waals surface area (Å²) in [7, 11) is 1.66. The number of carbonyl (C=O) groups is 1. The number of thiophene rings is 1. The molecule has 1 aliphatic rings. The first-order valence-corrected chi connectivity index (χ1v) is 7.56. The van der Waals surface area contributed by atoms with Crippen molar-refractivity contribution in [1.29, 1.82) is 0 Å². The number of rotatable bonds is 2. The molecular formula is C16H17NO2S. The molecule has 1 aromatic heterocycles. The van der Waals surface area contributed by atoms with Crippen LogP contribution in [0.3, 0.4) is 0 Å². The van der Waals surface area contributed by atoms with Gasteiger partial charge < -0.3 is 9.64 Å². The number of ether oxygens (including phenoxy) is 1. The molecule has 0 spiro atoms. The highest BCUT2D eigenvalue weighted by Crippen LogP contribution is 2.38. The van der Waals surface area contributed by atoms with Gasteiger partial charge in [-0.3, -0.25) is 4.79 Å². The second-order valence-corrected chi connectivity index (χ2v) is 5.94. The van der Waals surface area contributed by atoms with Crippen molar-refractivity contribution in [3.63, 3.8) is 0 Å². The summed E-state index contributed by atoms with van der Waals surface area (Å²) in [6.07, 6.45) is 0.958. The summed E-state index contributed by atoms with van der Waals surface area (Å²) in [6.45, 7) is 2.44. The predicted molar refractivity (Wildman–Crippen MR) is 80.2 cm³/mol. The Morgan fingerprint density at radius 3 is 2.70 bits per heavy atom. The summed E-state index contributed by atoms with van der Waals surface area (Å²) in [5, 5.41) is 2.12. The molecule has 1 aliphatic heterocycles. The molecule has 0 aliphatic carbocycles. The highest BCUT2D eigenvalue weighted by atomic mass is 32.1. The van der Waals surface area contributed by atoms with Crippen molar-refractivity contribution in [1.82, 2.24) is 4.90 Å². The molecule has 0 unspecified atom stereocenters. The van der Waals surface area contributed by atoms with E-state index < -0.39 is 0 Å². The van der Waals surface area contributed by atoms with Crippen LogP contribution in [-0.2, 0) is 11.2 Å². The van der Waals surface area contributed by atoms with Gasteiger partial charge in [0.2, 0.25) is 5.91 Å². The lowest BCUT2D eigenvalue weighted by Gasteiger charge is -2.35. The molecule has 4 heteroatoms. The lowest BCUT2D eigenvalue weighted by atomic mass is 9.93. The minimum absolute atomic E-state index is 0.0356. The molecule has 104 valence electrons. The Labute approximate surface area is 122 Å². The monoisotopic (exact) mass is 287 g/mol. The standard InChI is InChI=1S/C16H17NO2S/c1-11(18)17-9-7-15-14(8-10-20-15)16(17)12-3-5-13(19-2)6-4-12/h3-6,8,10,16H,7,9H2,1-2H3/t16-/m1/s1. The van der Waals surface area contributed by atoms with Gasteiger partial charge in [-0.15, -0.1) is 11.3 Å². The number of hydrogen-bond donors (Lipinski definition) is 0. The fourth-order valence-corrected chi connectivity index (χ4v) is 3.71. The van der Waals surface area contributed by atoms with Gasteiger partial charge in [0.05, 0.1) is 13.2 Å². The number of methoxy groups -OCH3 is 1. The van der Waals surface area contributed by atoms with Crippen molar-refractivity contribution in [3.8, 4) is 5.75 Å². The van der Waals surface area contributed by atoms with Crippen LogP contribution < -0.4 is 4.74 Å². The van der Waals surface area contributed by atoms with E-state index >= 15 is 0 Å². The highest BCUT2D eigenvalue weighted by Gasteiger charge is 2.30. The summed E-state index contributed by atoms with van der Waals surface area (Å²) < 4.78 is 5.21. The first-order valence-electron chi connectivity index (χ1n) is 6.68. The minimum Gasteiger partial charge on any atom is -0.497 e. The normalized spacial score (nSPS) is 17.7. The molecule has 0 saturated heterocycles. The number of hydrogen-bond acceptors (Lipinski definition) is 3. The summed E-state index contributed by atoms with van der Waals surface area (Å²) in [5.41, 5.74) is 2.40. The molecule has 0 N–H and O–H groups in total. The fraction of sp³-hybridized carbons (Fsp3) is 0.312. The van der Waals surface area contributed by atoms with Crippen molar-refractivity contribution in [3.05, 3.63) is 51.7 Å². The zero-order valence-corrected chi connectivity index (χ0v) is 12.4. The van der Waals surface area contributed by atoms with E-state index in [0.717, 1.165) is 24.3 Å². The molecule has 3 rings (SSSR count). The van der Waals surface area contributed by atoms with E-state index in [1.54, 1.807) is 25.4 Å². The van der Waals surface area contributed by atoms with Gasteiger partial charge in [0.1, 0.15) is 5.75 Å². The number of fused-ring (bicyclic) bond motifs is 1. The third kappa shape index (κ3) is 2.20. The Bertz CT molecular complexity index is 618. The lowest BCUT2D eigenvalue weighted by molar-refractivity contribution is -0.130. The Hall–Kier alpha value is -1.81. The van der Waals surface area contributed by atoms with E-state index in [2.05, 4.69) is 11.4 Å². The fourth-order valence-electron chi connectivity index (χ4n) is 2.80. The highest BCUT2D eigenvalue weighted by molar-refractivity contribution is 7.10. The van der Waals surface area contributed by atoms with Crippen LogP contribution in [0, 0.1) is 0 Å². The van der Waals surface area contributed by atoms with E-state index in [9.17, 15) is 4.79 Å². The van der Waals surface area contributed by atoms with Crippen LogP contribution in [-0.4, -0.2) is 24.5 Å². The average molecular weight is 287 g/mol. The van der Waals surface area contributed by atoms with Gasteiger partial charge >= 0.3 is 0 Å². The number of nitrogens with zero attached hydrogens (tertiary/aromatic N) is 1. The molecule has 2 aromatic rings. The van der Waals surface area contributed by atoms with Gasteiger partial charge in [0, 0.05) is 18.3 Å². The first-order chi connectivity index (χ1) is 9.70. The van der Waals surface area contributed by atoms with E-state index in [-0.39, 0.29) is 11.9 Å². The first kappa shape index (κ1) is 13.2. The minimum atomic E-state index is 0.0356. The molecule has 1 atom stereocenters. The van der Waals surface area contributed by atoms with E-state index in [4.69, 9.17) is 4.74 Å². The Balaban J connectivity index is 2.04. The van der Waals surface area contributed by atoms with Crippen molar-refractivity contribution in [2.24, 2.45) is 0 Å². The van der Waals surface area contributed by atoms with Crippen molar-refractivity contribution < 1.29 is 9.53 Å². The maximum absolute atomic E-state index is 11.9. The Morgan fingerprint density at radius 2 is 2.05 bits per heavy atom. The molecule has 1 aromatic carbocycles. The SMILES string of the molecule is COc1ccc([C@@H]2c3ccsc3CCN2C(C)=O)cc1. The van der Waals surface area contributed by atoms with Crippen molar-refractivity contribution >= 4 is 17.2 Å². The maximum atomic E-state index is 11.9. The van der Waals surface area contributed by atoms with Gasteiger partial charge in [-0.2, -0.15) is 0 Å². The summed E-state index contributed by atoms with van der Waals surface area (Å²) in [6, 6.07) is 10.2. The van der Waals surface area contributed by atoms with Crippen LogP contribution in [0.5, 0.6) is 5.75 Å². The third-order valence-electron chi connectivity index (χ3n) is 3.80. The van der Waals surface area contributed by atoms with Gasteiger partial charge in [-0.25, -0.2) is 0 Å². The number of amides is 1. The molecule has 20 heavy (non-hydrogen) atoms. The number of benzene rings is 1. The second kappa shape index (κ2) is 5.29. The van der Waals surface area contributed by atoms with Crippen LogP contribution in [0.4, 0.5) is 0 Å². The van der Waals surface area contributed by atoms with E-state index in [1.165, 1.54) is 10.4 Å². The van der Waals surface area contributed by atoms with Crippen LogP contribution >= 0.6 is 11.3 Å². The Morgan fingerprint density at radius 1 is 1.30 bits per heavy atom. The van der Waals surface area contributed by atoms with Crippen molar-refractivity contribution in [2.45, 2.75) is 19.4 Å². The number of carbonyl (C=O) groups excluding carboxylic acids is 1. The smallest absolute Gasteiger partial charge is 0.220 e. The maximum Gasteiger partial charge on any atom is 0.220 e. The van der Waals surface area contributed by atoms with Crippen LogP contribution in [0.2, 0.25) is 0 Å². The van der Waals surface area contributed by atoms with Gasteiger partial charge in [0.25, 0.3) is 0 Å². The molecule has 0 saturated carbocycles. The van der Waals surface area contributed by atoms with Crippen molar-refractivity contribution in [2.75, 3.05) is 13.7 Å². The molecule has 2 heterocycles. The Kier molecular flexibility index (Phi) is 3.49. The summed E-state index contributed by atoms with van der Waals surface area (Å²) in [4.78, 5) is 15.3. The molecular weight excluding hydrogens is 270 g/mol. The second-order valence-electron chi connectivity index (χ2n) is 4.94. The summed E-state index contributed by atoms with van der Waals surface area (Å²) >= 11 is 1.78. The van der Waals surface area contributed by atoms with E-state index in [1.807, 2.05) is 29.2 Å². The predicted octanol–water partition coefficient (Wildman–Crippen LogP) is 3.25. The average Bonchev–Trinajstić information content (AvgIpc) is 2.94. The topological polar surface area (TPSA) is 29.5 Å². The quantitative estimate of drug-likeness (QED) is 0.848. The van der Waals surface area contributed by atoms with Gasteiger partial charge in [-0.05, 0) is 41.1 Å². The van der Waals surface area contributed by atoms with Crippen LogP contribution in [0.25, 0.3) is 0 Å². The molecule has 0 bridgehead atoms. The lowest BCUT2D eigenvalue weighted by Crippen LogP contribution is -2.38. The van der Waals surface area contributed by atoms with Gasteiger partial charge in [-0.1, -0.05) is 12.1 Å².